The van der Waals surface area contributed by atoms with E-state index in [4.69, 9.17) is 9.31 Å². The number of nitrogens with one attached hydrogen (secondary N) is 2. The first-order valence-corrected chi connectivity index (χ1v) is 13.1. The summed E-state index contributed by atoms with van der Waals surface area (Å²) < 4.78 is 14.6. The van der Waals surface area contributed by atoms with Crippen LogP contribution < -0.4 is 11.0 Å². The van der Waals surface area contributed by atoms with E-state index in [0.29, 0.717) is 6.54 Å². The first kappa shape index (κ1) is 26.2. The second kappa shape index (κ2) is 10.4. The number of halogens is 1. The summed E-state index contributed by atoms with van der Waals surface area (Å²) in [5.74, 6) is 0. The van der Waals surface area contributed by atoms with Gasteiger partial charge in [0.2, 0.25) is 0 Å². The van der Waals surface area contributed by atoms with Gasteiger partial charge in [-0.1, -0.05) is 36.4 Å². The third-order valence-corrected chi connectivity index (χ3v) is 7.56. The van der Waals surface area contributed by atoms with Crippen molar-refractivity contribution >= 4 is 39.4 Å². The van der Waals surface area contributed by atoms with Crippen LogP contribution in [0, 0.1) is 0 Å². The number of fused-ring (bicyclic) bond motifs is 1. The topological polar surface area (TPSA) is 97.8 Å². The smallest absolute Gasteiger partial charge is 0.399 e. The van der Waals surface area contributed by atoms with E-state index >= 15 is 0 Å². The molecule has 2 N–H and O–H groups in total. The molecule has 3 aromatic heterocycles. The number of benzene rings is 2. The molecular weight excluding hydrogens is 545 g/mol. The van der Waals surface area contributed by atoms with E-state index in [1.807, 2.05) is 54.7 Å². The molecule has 1 aliphatic rings. The van der Waals surface area contributed by atoms with Crippen molar-refractivity contribution in [3.63, 3.8) is 0 Å². The Labute approximate surface area is 229 Å². The monoisotopic (exact) mass is 573 g/mol. The molecule has 10 heteroatoms. The number of pyridine rings is 1. The standard InChI is InChI=1S/C15H12BrN3O.C13H17BN2O2/c16-12-5-6-15(20)19(10-12)9-11-3-1-2-4-13(11)14-7-8-17-18-14;1-12(2)13(3,4)18-14(17-12)10-6-5-9-8-15-16-11(9)7-10/h1-8,10H,9H2,(H,17,18);5-8H,1-4H3,(H,15,16). The molecule has 0 spiro atoms. The lowest BCUT2D eigenvalue weighted by molar-refractivity contribution is 0.00578. The minimum Gasteiger partial charge on any atom is -0.399 e. The highest BCUT2D eigenvalue weighted by Crippen LogP contribution is 2.36. The lowest BCUT2D eigenvalue weighted by Gasteiger charge is -2.32. The van der Waals surface area contributed by atoms with Crippen LogP contribution in [0.5, 0.6) is 0 Å². The molecule has 0 saturated carbocycles. The Bertz CT molecular complexity index is 1590. The molecule has 6 rings (SSSR count). The van der Waals surface area contributed by atoms with E-state index in [1.54, 1.807) is 29.1 Å². The van der Waals surface area contributed by atoms with Crippen LogP contribution in [0.2, 0.25) is 0 Å². The van der Waals surface area contributed by atoms with Gasteiger partial charge in [-0.3, -0.25) is 15.0 Å². The van der Waals surface area contributed by atoms with Crippen molar-refractivity contribution < 1.29 is 9.31 Å². The van der Waals surface area contributed by atoms with Gasteiger partial charge in [-0.25, -0.2) is 0 Å². The molecular formula is C28H29BBrN5O3. The van der Waals surface area contributed by atoms with Crippen molar-refractivity contribution in [2.45, 2.75) is 45.4 Å². The molecule has 1 fully saturated rings. The number of hydrogen-bond acceptors (Lipinski definition) is 5. The van der Waals surface area contributed by atoms with Crippen LogP contribution in [-0.2, 0) is 15.9 Å². The van der Waals surface area contributed by atoms with E-state index in [2.05, 4.69) is 64.0 Å². The molecule has 0 bridgehead atoms. The zero-order valence-electron chi connectivity index (χ0n) is 21.7. The fourth-order valence-electron chi connectivity index (χ4n) is 4.22. The van der Waals surface area contributed by atoms with Crippen molar-refractivity contribution in [1.29, 1.82) is 0 Å². The Morgan fingerprint density at radius 1 is 0.947 bits per heavy atom. The predicted molar refractivity (Wildman–Crippen MR) is 153 cm³/mol. The van der Waals surface area contributed by atoms with E-state index in [-0.39, 0.29) is 23.9 Å². The molecule has 4 heterocycles. The van der Waals surface area contributed by atoms with Crippen LogP contribution in [0.25, 0.3) is 22.2 Å². The molecule has 2 aromatic carbocycles. The number of hydrogen-bond donors (Lipinski definition) is 2. The lowest BCUT2D eigenvalue weighted by atomic mass is 9.79. The highest BCUT2D eigenvalue weighted by molar-refractivity contribution is 9.10. The molecule has 0 aliphatic carbocycles. The molecule has 0 radical (unpaired) electrons. The third kappa shape index (κ3) is 5.38. The molecule has 1 aliphatic heterocycles. The molecule has 194 valence electrons. The average molecular weight is 574 g/mol. The zero-order chi connectivity index (χ0) is 26.9. The largest absolute Gasteiger partial charge is 0.494 e. The van der Waals surface area contributed by atoms with Crippen LogP contribution in [0.4, 0.5) is 0 Å². The first-order chi connectivity index (χ1) is 18.1. The molecule has 0 amide bonds. The van der Waals surface area contributed by atoms with Crippen LogP contribution in [-0.4, -0.2) is 43.3 Å². The maximum atomic E-state index is 11.9. The second-order valence-electron chi connectivity index (χ2n) is 10.2. The normalized spacial score (nSPS) is 15.9. The molecule has 38 heavy (non-hydrogen) atoms. The van der Waals surface area contributed by atoms with Crippen molar-refractivity contribution in [1.82, 2.24) is 25.0 Å². The van der Waals surface area contributed by atoms with E-state index in [0.717, 1.165) is 37.7 Å². The van der Waals surface area contributed by atoms with Crippen molar-refractivity contribution in [2.24, 2.45) is 0 Å². The van der Waals surface area contributed by atoms with Crippen molar-refractivity contribution in [3.05, 3.63) is 99.6 Å². The Balaban J connectivity index is 0.000000156. The second-order valence-corrected chi connectivity index (χ2v) is 11.2. The Morgan fingerprint density at radius 2 is 1.71 bits per heavy atom. The van der Waals surface area contributed by atoms with Gasteiger partial charge in [0.25, 0.3) is 5.56 Å². The van der Waals surface area contributed by atoms with Gasteiger partial charge in [-0.05, 0) is 72.9 Å². The molecule has 1 saturated heterocycles. The van der Waals surface area contributed by atoms with Gasteiger partial charge in [-0.15, -0.1) is 0 Å². The summed E-state index contributed by atoms with van der Waals surface area (Å²) in [6.07, 6.45) is 5.33. The van der Waals surface area contributed by atoms with Crippen LogP contribution >= 0.6 is 15.9 Å². The van der Waals surface area contributed by atoms with Crippen molar-refractivity contribution in [2.75, 3.05) is 0 Å². The number of aromatic amines is 2. The molecule has 5 aromatic rings. The van der Waals surface area contributed by atoms with Gasteiger partial charge < -0.3 is 13.9 Å². The summed E-state index contributed by atoms with van der Waals surface area (Å²) in [5.41, 5.74) is 4.46. The molecule has 0 atom stereocenters. The number of nitrogens with zero attached hydrogens (tertiary/aromatic N) is 3. The van der Waals surface area contributed by atoms with Gasteiger partial charge in [-0.2, -0.15) is 10.2 Å². The summed E-state index contributed by atoms with van der Waals surface area (Å²) in [7, 11) is -0.317. The summed E-state index contributed by atoms with van der Waals surface area (Å²) in [6, 6.07) is 19.3. The Kier molecular flexibility index (Phi) is 7.13. The van der Waals surface area contributed by atoms with E-state index in [1.165, 1.54) is 0 Å². The van der Waals surface area contributed by atoms with E-state index < -0.39 is 0 Å². The van der Waals surface area contributed by atoms with Crippen LogP contribution in [0.3, 0.4) is 0 Å². The van der Waals surface area contributed by atoms with Gasteiger partial charge in [0.1, 0.15) is 0 Å². The highest BCUT2D eigenvalue weighted by atomic mass is 79.9. The molecule has 0 unspecified atom stereocenters. The first-order valence-electron chi connectivity index (χ1n) is 12.4. The third-order valence-electron chi connectivity index (χ3n) is 7.09. The zero-order valence-corrected chi connectivity index (χ0v) is 23.3. The minimum absolute atomic E-state index is 0.0207. The highest BCUT2D eigenvalue weighted by Gasteiger charge is 2.51. The van der Waals surface area contributed by atoms with Crippen molar-refractivity contribution in [3.8, 4) is 11.3 Å². The summed E-state index contributed by atoms with van der Waals surface area (Å²) in [6.45, 7) is 8.75. The number of aromatic nitrogens is 5. The fourth-order valence-corrected chi connectivity index (χ4v) is 4.60. The molecule has 8 nitrogen and oxygen atoms in total. The Morgan fingerprint density at radius 3 is 2.45 bits per heavy atom. The average Bonchev–Trinajstić information content (AvgIpc) is 3.62. The fraction of sp³-hybridized carbons (Fsp3) is 0.250. The lowest BCUT2D eigenvalue weighted by Crippen LogP contribution is -2.41. The predicted octanol–water partition coefficient (Wildman–Crippen LogP) is 4.91. The maximum absolute atomic E-state index is 11.9. The van der Waals surface area contributed by atoms with Crippen LogP contribution in [0.1, 0.15) is 33.3 Å². The summed E-state index contributed by atoms with van der Waals surface area (Å²) >= 11 is 3.39. The van der Waals surface area contributed by atoms with Gasteiger partial charge in [0.05, 0.1) is 35.2 Å². The van der Waals surface area contributed by atoms with Gasteiger partial charge >= 0.3 is 7.12 Å². The minimum atomic E-state index is -0.317. The summed E-state index contributed by atoms with van der Waals surface area (Å²) in [5, 5.41) is 15.0. The van der Waals surface area contributed by atoms with Gasteiger partial charge in [0, 0.05) is 33.9 Å². The van der Waals surface area contributed by atoms with Gasteiger partial charge in [0.15, 0.2) is 0 Å². The van der Waals surface area contributed by atoms with Crippen LogP contribution in [0.15, 0.2) is 88.5 Å². The Hall–Kier alpha value is -3.47. The van der Waals surface area contributed by atoms with E-state index in [9.17, 15) is 4.79 Å². The quantitative estimate of drug-likeness (QED) is 0.298. The SMILES string of the molecule is CC1(C)OB(c2ccc3cn[nH]c3c2)OC1(C)C.O=c1ccc(Br)cn1Cc1ccccc1-c1ccn[nH]1. The maximum Gasteiger partial charge on any atom is 0.494 e. The number of rotatable bonds is 4. The summed E-state index contributed by atoms with van der Waals surface area (Å²) in [4.78, 5) is 11.9. The number of H-pyrrole nitrogens is 2.